The van der Waals surface area contributed by atoms with E-state index in [1.807, 2.05) is 27.7 Å². The molecular weight excluding hydrogens is 521 g/mol. The van der Waals surface area contributed by atoms with Gasteiger partial charge in [-0.2, -0.15) is 0 Å². The molecule has 0 radical (unpaired) electrons. The Bertz CT molecular complexity index is 594. The summed E-state index contributed by atoms with van der Waals surface area (Å²) in [6, 6.07) is 0.0128. The zero-order chi connectivity index (χ0) is 22.3. The number of aliphatic imine (C=N–C) groups is 1. The number of sulfonamides is 1. The van der Waals surface area contributed by atoms with E-state index in [-0.39, 0.29) is 35.8 Å². The molecule has 0 rings (SSSR count). The molecule has 0 aromatic rings. The Morgan fingerprint density at radius 2 is 1.77 bits per heavy atom. The number of nitrogens with one attached hydrogen (secondary N) is 4. The van der Waals surface area contributed by atoms with Gasteiger partial charge < -0.3 is 20.7 Å². The lowest BCUT2D eigenvalue weighted by Gasteiger charge is -2.24. The van der Waals surface area contributed by atoms with Crippen LogP contribution in [0.5, 0.6) is 0 Å². The monoisotopic (exact) mass is 563 g/mol. The minimum absolute atomic E-state index is 0. The first-order chi connectivity index (χ1) is 13.5. The van der Waals surface area contributed by atoms with Crippen molar-refractivity contribution in [1.29, 1.82) is 0 Å². The van der Waals surface area contributed by atoms with Crippen molar-refractivity contribution in [2.24, 2.45) is 4.99 Å². The molecule has 180 valence electrons. The Morgan fingerprint density at radius 3 is 2.30 bits per heavy atom. The van der Waals surface area contributed by atoms with Crippen LogP contribution in [0, 0.1) is 0 Å². The molecule has 0 spiro atoms. The molecule has 1 unspecified atom stereocenters. The van der Waals surface area contributed by atoms with Gasteiger partial charge in [0, 0.05) is 32.2 Å². The first kappa shape index (κ1) is 31.4. The number of carbonyl (C=O) groups is 1. The standard InChI is InChI=1S/C19H41N5O4S.HI/c1-7-10-12-16(15-22-18(25)28-19(4,5)6)24-17(20-8-2)21-13-11-14-23-29(26,27)9-3;/h16,23H,7-15H2,1-6H3,(H,22,25)(H2,20,21,24);1H. The maximum Gasteiger partial charge on any atom is 0.407 e. The molecule has 0 aliphatic heterocycles. The highest BCUT2D eigenvalue weighted by Crippen LogP contribution is 2.07. The third-order valence-corrected chi connectivity index (χ3v) is 5.19. The summed E-state index contributed by atoms with van der Waals surface area (Å²) in [6.07, 6.45) is 3.12. The maximum absolute atomic E-state index is 11.9. The number of halogens is 1. The Balaban J connectivity index is 0. The Kier molecular flexibility index (Phi) is 17.6. The van der Waals surface area contributed by atoms with Gasteiger partial charge in [-0.15, -0.1) is 24.0 Å². The van der Waals surface area contributed by atoms with Gasteiger partial charge in [0.1, 0.15) is 5.60 Å². The lowest BCUT2D eigenvalue weighted by atomic mass is 10.1. The molecule has 0 aliphatic carbocycles. The second-order valence-corrected chi connectivity index (χ2v) is 9.87. The lowest BCUT2D eigenvalue weighted by Crippen LogP contribution is -2.49. The zero-order valence-corrected chi connectivity index (χ0v) is 22.5. The molecule has 0 aliphatic rings. The summed E-state index contributed by atoms with van der Waals surface area (Å²) in [5.41, 5.74) is -0.536. The molecule has 1 atom stereocenters. The number of guanidine groups is 1. The van der Waals surface area contributed by atoms with Gasteiger partial charge in [0.15, 0.2) is 5.96 Å². The van der Waals surface area contributed by atoms with Crippen molar-refractivity contribution >= 4 is 46.1 Å². The molecule has 0 fully saturated rings. The third kappa shape index (κ3) is 18.0. The minimum Gasteiger partial charge on any atom is -0.444 e. The number of unbranched alkanes of at least 4 members (excludes halogenated alkanes) is 1. The average molecular weight is 564 g/mol. The highest BCUT2D eigenvalue weighted by Gasteiger charge is 2.18. The van der Waals surface area contributed by atoms with Crippen LogP contribution in [0.3, 0.4) is 0 Å². The summed E-state index contributed by atoms with van der Waals surface area (Å²) in [7, 11) is -3.17. The van der Waals surface area contributed by atoms with Crippen molar-refractivity contribution in [3.05, 3.63) is 0 Å². The number of nitrogens with zero attached hydrogens (tertiary/aromatic N) is 1. The summed E-state index contributed by atoms with van der Waals surface area (Å²) in [6.45, 7) is 13.2. The van der Waals surface area contributed by atoms with Crippen LogP contribution in [0.15, 0.2) is 4.99 Å². The van der Waals surface area contributed by atoms with E-state index < -0.39 is 21.7 Å². The smallest absolute Gasteiger partial charge is 0.407 e. The number of alkyl carbamates (subject to hydrolysis) is 1. The quantitative estimate of drug-likeness (QED) is 0.118. The summed E-state index contributed by atoms with van der Waals surface area (Å²) in [5.74, 6) is 0.725. The van der Waals surface area contributed by atoms with E-state index in [1.165, 1.54) is 0 Å². The van der Waals surface area contributed by atoms with Crippen LogP contribution < -0.4 is 20.7 Å². The van der Waals surface area contributed by atoms with E-state index in [0.29, 0.717) is 38.6 Å². The van der Waals surface area contributed by atoms with Gasteiger partial charge in [0.25, 0.3) is 0 Å². The molecule has 4 N–H and O–H groups in total. The van der Waals surface area contributed by atoms with Crippen molar-refractivity contribution in [2.45, 2.75) is 78.9 Å². The summed E-state index contributed by atoms with van der Waals surface area (Å²) in [4.78, 5) is 16.4. The molecule has 0 saturated carbocycles. The van der Waals surface area contributed by atoms with Crippen LogP contribution >= 0.6 is 24.0 Å². The Labute approximate surface area is 200 Å². The predicted octanol–water partition coefficient (Wildman–Crippen LogP) is 2.57. The van der Waals surface area contributed by atoms with Crippen molar-refractivity contribution < 1.29 is 17.9 Å². The van der Waals surface area contributed by atoms with Crippen LogP contribution in [0.4, 0.5) is 4.79 Å². The van der Waals surface area contributed by atoms with Gasteiger partial charge in [-0.05, 0) is 47.5 Å². The fraction of sp³-hybridized carbons (Fsp3) is 0.895. The number of hydrogen-bond donors (Lipinski definition) is 4. The van der Waals surface area contributed by atoms with E-state index in [4.69, 9.17) is 4.74 Å². The van der Waals surface area contributed by atoms with Gasteiger partial charge in [-0.25, -0.2) is 17.9 Å². The number of hydrogen-bond acceptors (Lipinski definition) is 5. The Hall–Kier alpha value is -0.820. The summed E-state index contributed by atoms with van der Waals surface area (Å²) in [5, 5.41) is 9.36. The molecule has 9 nitrogen and oxygen atoms in total. The molecule has 30 heavy (non-hydrogen) atoms. The number of ether oxygens (including phenoxy) is 1. The van der Waals surface area contributed by atoms with Gasteiger partial charge in [0.2, 0.25) is 10.0 Å². The topological polar surface area (TPSA) is 121 Å². The fourth-order valence-corrected chi connectivity index (χ4v) is 2.97. The van der Waals surface area contributed by atoms with Crippen LogP contribution in [-0.4, -0.2) is 64.0 Å². The highest BCUT2D eigenvalue weighted by molar-refractivity contribution is 14.0. The fourth-order valence-electron chi connectivity index (χ4n) is 2.31. The average Bonchev–Trinajstić information content (AvgIpc) is 2.62. The largest absolute Gasteiger partial charge is 0.444 e. The number of rotatable bonds is 13. The first-order valence-corrected chi connectivity index (χ1v) is 12.2. The number of amides is 1. The van der Waals surface area contributed by atoms with Crippen molar-refractivity contribution in [1.82, 2.24) is 20.7 Å². The van der Waals surface area contributed by atoms with Crippen molar-refractivity contribution in [3.63, 3.8) is 0 Å². The summed E-state index contributed by atoms with van der Waals surface area (Å²) >= 11 is 0. The second-order valence-electron chi connectivity index (χ2n) is 7.78. The van der Waals surface area contributed by atoms with E-state index in [0.717, 1.165) is 19.3 Å². The molecular formula is C19H42IN5O4S. The summed E-state index contributed by atoms with van der Waals surface area (Å²) < 4.78 is 30.7. The molecule has 0 bridgehead atoms. The van der Waals surface area contributed by atoms with E-state index in [2.05, 4.69) is 32.6 Å². The van der Waals surface area contributed by atoms with Gasteiger partial charge >= 0.3 is 6.09 Å². The van der Waals surface area contributed by atoms with E-state index >= 15 is 0 Å². The molecule has 0 aromatic heterocycles. The third-order valence-electron chi connectivity index (χ3n) is 3.79. The van der Waals surface area contributed by atoms with E-state index in [1.54, 1.807) is 6.92 Å². The molecule has 0 heterocycles. The molecule has 1 amide bonds. The van der Waals surface area contributed by atoms with Gasteiger partial charge in [-0.3, -0.25) is 4.99 Å². The van der Waals surface area contributed by atoms with Crippen LogP contribution in [0.2, 0.25) is 0 Å². The SMILES string of the molecule is CCCCC(CNC(=O)OC(C)(C)C)NC(=NCCCNS(=O)(=O)CC)NCC.I. The minimum atomic E-state index is -3.17. The molecule has 11 heteroatoms. The first-order valence-electron chi connectivity index (χ1n) is 10.5. The van der Waals surface area contributed by atoms with E-state index in [9.17, 15) is 13.2 Å². The van der Waals surface area contributed by atoms with Crippen LogP contribution in [0.25, 0.3) is 0 Å². The normalized spacial score (nSPS) is 13.2. The Morgan fingerprint density at radius 1 is 1.10 bits per heavy atom. The van der Waals surface area contributed by atoms with Crippen molar-refractivity contribution in [2.75, 3.05) is 31.9 Å². The lowest BCUT2D eigenvalue weighted by molar-refractivity contribution is 0.0522. The van der Waals surface area contributed by atoms with Crippen LogP contribution in [0.1, 0.15) is 67.2 Å². The molecule has 0 aromatic carbocycles. The highest BCUT2D eigenvalue weighted by atomic mass is 127. The van der Waals surface area contributed by atoms with Crippen LogP contribution in [-0.2, 0) is 14.8 Å². The molecule has 0 saturated heterocycles. The van der Waals surface area contributed by atoms with Gasteiger partial charge in [-0.1, -0.05) is 19.8 Å². The predicted molar refractivity (Wildman–Crippen MR) is 134 cm³/mol. The second kappa shape index (κ2) is 16.8. The van der Waals surface area contributed by atoms with Crippen molar-refractivity contribution in [3.8, 4) is 0 Å². The zero-order valence-electron chi connectivity index (χ0n) is 19.3. The maximum atomic E-state index is 11.9. The number of carbonyl (C=O) groups excluding carboxylic acids is 1. The van der Waals surface area contributed by atoms with Gasteiger partial charge in [0.05, 0.1) is 5.75 Å².